The first-order valence-corrected chi connectivity index (χ1v) is 9.87. The Balaban J connectivity index is 1.34. The first kappa shape index (κ1) is 18.2. The molecule has 2 aromatic rings. The molecule has 134 valence electrons. The van der Waals surface area contributed by atoms with Crippen molar-refractivity contribution in [2.45, 2.75) is 12.8 Å². The van der Waals surface area contributed by atoms with Crippen molar-refractivity contribution in [2.24, 2.45) is 0 Å². The maximum atomic E-state index is 12.3. The van der Waals surface area contributed by atoms with Crippen molar-refractivity contribution in [3.63, 3.8) is 0 Å². The van der Waals surface area contributed by atoms with Gasteiger partial charge in [-0.15, -0.1) is 11.3 Å². The molecule has 4 nitrogen and oxygen atoms in total. The smallest absolute Gasteiger partial charge is 0.226 e. The van der Waals surface area contributed by atoms with Gasteiger partial charge in [-0.2, -0.15) is 0 Å². The van der Waals surface area contributed by atoms with Crippen LogP contribution in [0.4, 0.5) is 0 Å². The Bertz CT molecular complexity index is 670. The number of hydrogen-bond acceptors (Lipinski definition) is 4. The second-order valence-corrected chi connectivity index (χ2v) is 7.58. The van der Waals surface area contributed by atoms with Gasteiger partial charge in [0, 0.05) is 42.6 Å². The second kappa shape index (κ2) is 9.22. The molecule has 1 saturated heterocycles. The van der Waals surface area contributed by atoms with Crippen LogP contribution >= 0.6 is 22.9 Å². The Morgan fingerprint density at radius 2 is 2.00 bits per heavy atom. The molecule has 0 spiro atoms. The highest BCUT2D eigenvalue weighted by Gasteiger charge is 2.20. The van der Waals surface area contributed by atoms with Gasteiger partial charge in [-0.3, -0.25) is 9.69 Å². The number of nitrogens with zero attached hydrogens (tertiary/aromatic N) is 2. The van der Waals surface area contributed by atoms with Crippen molar-refractivity contribution < 1.29 is 9.53 Å². The monoisotopic (exact) mass is 378 g/mol. The predicted octanol–water partition coefficient (Wildman–Crippen LogP) is 3.56. The van der Waals surface area contributed by atoms with E-state index < -0.39 is 0 Å². The summed E-state index contributed by atoms with van der Waals surface area (Å²) in [5.41, 5.74) is 0. The number of rotatable bonds is 7. The minimum absolute atomic E-state index is 0.167. The highest BCUT2D eigenvalue weighted by Crippen LogP contribution is 2.17. The number of thiophene rings is 1. The van der Waals surface area contributed by atoms with E-state index in [2.05, 4.69) is 22.4 Å². The van der Waals surface area contributed by atoms with Crippen LogP contribution in [0, 0.1) is 0 Å². The summed E-state index contributed by atoms with van der Waals surface area (Å²) in [5.74, 6) is 0.874. The van der Waals surface area contributed by atoms with E-state index in [1.54, 1.807) is 12.1 Å². The Morgan fingerprint density at radius 3 is 2.72 bits per heavy atom. The average Bonchev–Trinajstić information content (AvgIpc) is 3.14. The summed E-state index contributed by atoms with van der Waals surface area (Å²) in [4.78, 5) is 18.1. The van der Waals surface area contributed by atoms with Gasteiger partial charge in [0.2, 0.25) is 5.91 Å². The molecule has 1 fully saturated rings. The summed E-state index contributed by atoms with van der Waals surface area (Å²) in [7, 11) is 0. The lowest BCUT2D eigenvalue weighted by atomic mass is 10.2. The van der Waals surface area contributed by atoms with Gasteiger partial charge in [-0.05, 0) is 36.1 Å². The molecular weight excluding hydrogens is 356 g/mol. The van der Waals surface area contributed by atoms with Crippen molar-refractivity contribution in [2.75, 3.05) is 39.3 Å². The average molecular weight is 379 g/mol. The number of amides is 1. The van der Waals surface area contributed by atoms with Crippen LogP contribution in [-0.2, 0) is 11.2 Å². The van der Waals surface area contributed by atoms with Crippen molar-refractivity contribution in [3.8, 4) is 5.75 Å². The molecule has 1 aromatic heterocycles. The standard InChI is InChI=1S/C19H23ClN2O2S/c20-16-3-1-4-17(15-16)24-13-7-19(23)22-11-9-21(10-12-22)8-6-18-5-2-14-25-18/h1-5,14-15H,6-13H2. The summed E-state index contributed by atoms with van der Waals surface area (Å²) in [5, 5.41) is 2.76. The third-order valence-corrected chi connectivity index (χ3v) is 5.53. The fourth-order valence-electron chi connectivity index (χ4n) is 2.92. The number of halogens is 1. The molecule has 0 bridgehead atoms. The largest absolute Gasteiger partial charge is 0.493 e. The Kier molecular flexibility index (Phi) is 6.73. The van der Waals surface area contributed by atoms with Gasteiger partial charge in [0.25, 0.3) is 0 Å². The lowest BCUT2D eigenvalue weighted by molar-refractivity contribution is -0.133. The van der Waals surface area contributed by atoms with Crippen LogP contribution in [0.2, 0.25) is 5.02 Å². The summed E-state index contributed by atoms with van der Waals surface area (Å²) >= 11 is 7.73. The minimum Gasteiger partial charge on any atom is -0.493 e. The van der Waals surface area contributed by atoms with Gasteiger partial charge in [0.15, 0.2) is 0 Å². The SMILES string of the molecule is O=C(CCOc1cccc(Cl)c1)N1CCN(CCc2cccs2)CC1. The number of piperazine rings is 1. The van der Waals surface area contributed by atoms with Crippen LogP contribution in [0.15, 0.2) is 41.8 Å². The fraction of sp³-hybridized carbons (Fsp3) is 0.421. The topological polar surface area (TPSA) is 32.8 Å². The second-order valence-electron chi connectivity index (χ2n) is 6.11. The van der Waals surface area contributed by atoms with Gasteiger partial charge in [-0.25, -0.2) is 0 Å². The summed E-state index contributed by atoms with van der Waals surface area (Å²) in [6, 6.07) is 11.5. The molecule has 0 radical (unpaired) electrons. The lowest BCUT2D eigenvalue weighted by Crippen LogP contribution is -2.49. The van der Waals surface area contributed by atoms with E-state index in [1.807, 2.05) is 28.4 Å². The van der Waals surface area contributed by atoms with E-state index in [0.29, 0.717) is 23.8 Å². The molecule has 1 aromatic carbocycles. The van der Waals surface area contributed by atoms with E-state index in [-0.39, 0.29) is 5.91 Å². The molecule has 0 saturated carbocycles. The van der Waals surface area contributed by atoms with Crippen LogP contribution in [0.5, 0.6) is 5.75 Å². The molecule has 1 amide bonds. The zero-order valence-electron chi connectivity index (χ0n) is 14.2. The summed E-state index contributed by atoms with van der Waals surface area (Å²) in [6.45, 7) is 4.97. The van der Waals surface area contributed by atoms with E-state index >= 15 is 0 Å². The fourth-order valence-corrected chi connectivity index (χ4v) is 3.79. The Hall–Kier alpha value is -1.56. The normalized spacial score (nSPS) is 15.3. The molecule has 3 rings (SSSR count). The van der Waals surface area contributed by atoms with Gasteiger partial charge in [-0.1, -0.05) is 23.7 Å². The molecule has 1 aliphatic rings. The molecule has 25 heavy (non-hydrogen) atoms. The molecule has 2 heterocycles. The van der Waals surface area contributed by atoms with Gasteiger partial charge in [0.05, 0.1) is 13.0 Å². The number of hydrogen-bond donors (Lipinski definition) is 0. The van der Waals surface area contributed by atoms with E-state index in [1.165, 1.54) is 4.88 Å². The molecule has 1 aliphatic heterocycles. The molecular formula is C19H23ClN2O2S. The molecule has 6 heteroatoms. The highest BCUT2D eigenvalue weighted by molar-refractivity contribution is 7.09. The van der Waals surface area contributed by atoms with Crippen LogP contribution in [0.25, 0.3) is 0 Å². The predicted molar refractivity (Wildman–Crippen MR) is 103 cm³/mol. The molecule has 0 aliphatic carbocycles. The highest BCUT2D eigenvalue weighted by atomic mass is 35.5. The first-order valence-electron chi connectivity index (χ1n) is 8.61. The Labute approximate surface area is 158 Å². The number of ether oxygens (including phenoxy) is 1. The van der Waals surface area contributed by atoms with Gasteiger partial charge >= 0.3 is 0 Å². The van der Waals surface area contributed by atoms with Crippen LogP contribution in [-0.4, -0.2) is 55.0 Å². The maximum absolute atomic E-state index is 12.3. The van der Waals surface area contributed by atoms with Gasteiger partial charge < -0.3 is 9.64 Å². The first-order chi connectivity index (χ1) is 12.2. The van der Waals surface area contributed by atoms with Gasteiger partial charge in [0.1, 0.15) is 5.75 Å². The maximum Gasteiger partial charge on any atom is 0.226 e. The number of carbonyl (C=O) groups is 1. The Morgan fingerprint density at radius 1 is 1.16 bits per heavy atom. The molecule has 0 unspecified atom stereocenters. The summed E-state index contributed by atoms with van der Waals surface area (Å²) < 4.78 is 5.61. The minimum atomic E-state index is 0.167. The summed E-state index contributed by atoms with van der Waals surface area (Å²) in [6.07, 6.45) is 1.50. The van der Waals surface area contributed by atoms with Crippen LogP contribution < -0.4 is 4.74 Å². The van der Waals surface area contributed by atoms with E-state index in [4.69, 9.17) is 16.3 Å². The van der Waals surface area contributed by atoms with E-state index in [0.717, 1.165) is 39.1 Å². The zero-order valence-corrected chi connectivity index (χ0v) is 15.8. The van der Waals surface area contributed by atoms with Crippen LogP contribution in [0.3, 0.4) is 0 Å². The van der Waals surface area contributed by atoms with Crippen molar-refractivity contribution in [1.29, 1.82) is 0 Å². The third-order valence-electron chi connectivity index (χ3n) is 4.36. The third kappa shape index (κ3) is 5.73. The van der Waals surface area contributed by atoms with Crippen LogP contribution in [0.1, 0.15) is 11.3 Å². The van der Waals surface area contributed by atoms with E-state index in [9.17, 15) is 4.79 Å². The quantitative estimate of drug-likeness (QED) is 0.738. The number of carbonyl (C=O) groups excluding carboxylic acids is 1. The molecule has 0 N–H and O–H groups in total. The number of benzene rings is 1. The zero-order chi connectivity index (χ0) is 17.5. The van der Waals surface area contributed by atoms with Crippen molar-refractivity contribution >= 4 is 28.8 Å². The lowest BCUT2D eigenvalue weighted by Gasteiger charge is -2.34. The van der Waals surface area contributed by atoms with Crippen molar-refractivity contribution in [1.82, 2.24) is 9.80 Å². The van der Waals surface area contributed by atoms with Crippen molar-refractivity contribution in [3.05, 3.63) is 51.7 Å². The molecule has 0 atom stereocenters.